The summed E-state index contributed by atoms with van der Waals surface area (Å²) in [6, 6.07) is 17.6. The first-order valence-electron chi connectivity index (χ1n) is 14.0. The van der Waals surface area contributed by atoms with Crippen LogP contribution in [0.25, 0.3) is 11.1 Å². The highest BCUT2D eigenvalue weighted by molar-refractivity contribution is 6.00. The van der Waals surface area contributed by atoms with Crippen molar-refractivity contribution in [2.45, 2.75) is 19.4 Å². The molecule has 1 aliphatic rings. The van der Waals surface area contributed by atoms with Gasteiger partial charge in [-0.2, -0.15) is 0 Å². The van der Waals surface area contributed by atoms with Gasteiger partial charge in [-0.3, -0.25) is 19.2 Å². The number of methoxy groups -OCH3 is 1. The van der Waals surface area contributed by atoms with Crippen molar-refractivity contribution >= 4 is 34.9 Å². The summed E-state index contributed by atoms with van der Waals surface area (Å²) in [6.07, 6.45) is 3.35. The summed E-state index contributed by atoms with van der Waals surface area (Å²) in [4.78, 5) is 51.9. The van der Waals surface area contributed by atoms with Gasteiger partial charge in [0.25, 0.3) is 17.4 Å². The van der Waals surface area contributed by atoms with Gasteiger partial charge in [0.05, 0.1) is 25.0 Å². The largest absolute Gasteiger partial charge is 0.494 e. The number of nitrogens with one attached hydrogen (secondary N) is 3. The first-order chi connectivity index (χ1) is 21.2. The fraction of sp³-hybridized carbons (Fsp3) is 0.250. The fourth-order valence-electron chi connectivity index (χ4n) is 4.75. The van der Waals surface area contributed by atoms with Crippen molar-refractivity contribution in [3.05, 3.63) is 94.0 Å². The predicted molar refractivity (Wildman–Crippen MR) is 166 cm³/mol. The minimum absolute atomic E-state index is 0.0244. The monoisotopic (exact) mass is 595 g/mol. The molecule has 2 aromatic carbocycles. The Bertz CT molecular complexity index is 1780. The SMILES string of the molecule is CNC(=O)c1nnc(NC(=O)C2CC2)cc1Nc1cccc(-c2ccc(C(=O)N(C)Cc3cccn(C)c3=O)cc2)c1OC. The molecule has 0 spiro atoms. The number of amides is 3. The number of para-hydroxylation sites is 1. The molecule has 1 saturated carbocycles. The Labute approximate surface area is 254 Å². The molecule has 4 aromatic rings. The molecule has 0 atom stereocenters. The van der Waals surface area contributed by atoms with Gasteiger partial charge >= 0.3 is 0 Å². The molecule has 0 unspecified atom stereocenters. The third-order valence-corrected chi connectivity index (χ3v) is 7.32. The van der Waals surface area contributed by atoms with Crippen LogP contribution in [0.2, 0.25) is 0 Å². The Morgan fingerprint density at radius 1 is 1.02 bits per heavy atom. The molecule has 0 bridgehead atoms. The molecule has 3 N–H and O–H groups in total. The van der Waals surface area contributed by atoms with Crippen molar-refractivity contribution in [3.63, 3.8) is 0 Å². The topological polar surface area (TPSA) is 148 Å². The summed E-state index contributed by atoms with van der Waals surface area (Å²) in [6.45, 7) is 0.184. The van der Waals surface area contributed by atoms with E-state index in [0.717, 1.165) is 24.0 Å². The van der Waals surface area contributed by atoms with E-state index in [9.17, 15) is 19.2 Å². The molecular weight excluding hydrogens is 562 g/mol. The predicted octanol–water partition coefficient (Wildman–Crippen LogP) is 3.57. The quantitative estimate of drug-likeness (QED) is 0.252. The second-order valence-corrected chi connectivity index (χ2v) is 10.5. The van der Waals surface area contributed by atoms with Gasteiger partial charge in [0.15, 0.2) is 11.5 Å². The number of rotatable bonds is 10. The van der Waals surface area contributed by atoms with Gasteiger partial charge in [0.2, 0.25) is 5.91 Å². The number of aryl methyl sites for hydroxylation is 1. The number of nitrogens with zero attached hydrogens (tertiary/aromatic N) is 4. The molecule has 226 valence electrons. The van der Waals surface area contributed by atoms with Gasteiger partial charge in [-0.05, 0) is 42.7 Å². The van der Waals surface area contributed by atoms with Crippen LogP contribution in [0, 0.1) is 5.92 Å². The van der Waals surface area contributed by atoms with E-state index in [-0.39, 0.29) is 41.3 Å². The van der Waals surface area contributed by atoms with Crippen LogP contribution in [0.5, 0.6) is 5.75 Å². The number of aromatic nitrogens is 3. The Morgan fingerprint density at radius 3 is 2.45 bits per heavy atom. The van der Waals surface area contributed by atoms with Crippen molar-refractivity contribution in [2.75, 3.05) is 31.8 Å². The van der Waals surface area contributed by atoms with Crippen molar-refractivity contribution in [1.82, 2.24) is 25.0 Å². The summed E-state index contributed by atoms with van der Waals surface area (Å²) in [5, 5.41) is 16.6. The summed E-state index contributed by atoms with van der Waals surface area (Å²) < 4.78 is 7.27. The summed E-state index contributed by atoms with van der Waals surface area (Å²) in [5.41, 5.74) is 3.30. The molecule has 2 heterocycles. The molecule has 1 fully saturated rings. The third kappa shape index (κ3) is 6.43. The molecule has 12 nitrogen and oxygen atoms in total. The summed E-state index contributed by atoms with van der Waals surface area (Å²) >= 11 is 0. The standard InChI is InChI=1S/C32H33N7O5/c1-33-30(41)27-25(17-26(36-37-27)35-29(40)20-12-13-20)34-24-9-5-8-23(28(24)44-4)19-10-14-21(15-11-19)31(42)39(3)18-22-7-6-16-38(2)32(22)43/h5-11,14-17,20H,12-13,18H2,1-4H3,(H,33,41)(H2,34,35,36,40). The number of ether oxygens (including phenoxy) is 1. The first kappa shape index (κ1) is 30.0. The number of hydrogen-bond acceptors (Lipinski definition) is 8. The van der Waals surface area contributed by atoms with Crippen molar-refractivity contribution in [3.8, 4) is 16.9 Å². The number of carbonyl (C=O) groups excluding carboxylic acids is 3. The van der Waals surface area contributed by atoms with E-state index in [4.69, 9.17) is 4.74 Å². The van der Waals surface area contributed by atoms with Crippen molar-refractivity contribution in [1.29, 1.82) is 0 Å². The van der Waals surface area contributed by atoms with Gasteiger partial charge in [0, 0.05) is 56.0 Å². The minimum atomic E-state index is -0.451. The number of anilines is 3. The average molecular weight is 596 g/mol. The summed E-state index contributed by atoms with van der Waals surface area (Å²) in [5.74, 6) is -0.107. The Hall–Kier alpha value is -5.52. The van der Waals surface area contributed by atoms with Crippen LogP contribution >= 0.6 is 0 Å². The molecule has 5 rings (SSSR count). The third-order valence-electron chi connectivity index (χ3n) is 7.32. The number of pyridine rings is 1. The lowest BCUT2D eigenvalue weighted by molar-refractivity contribution is -0.117. The minimum Gasteiger partial charge on any atom is -0.494 e. The van der Waals surface area contributed by atoms with Crippen LogP contribution in [0.3, 0.4) is 0 Å². The zero-order chi connectivity index (χ0) is 31.4. The maximum absolute atomic E-state index is 13.1. The molecule has 44 heavy (non-hydrogen) atoms. The van der Waals surface area contributed by atoms with E-state index in [2.05, 4.69) is 26.1 Å². The molecule has 3 amide bonds. The lowest BCUT2D eigenvalue weighted by Gasteiger charge is -2.18. The highest BCUT2D eigenvalue weighted by atomic mass is 16.5. The molecule has 0 radical (unpaired) electrons. The van der Waals surface area contributed by atoms with E-state index in [1.165, 1.54) is 23.6 Å². The summed E-state index contributed by atoms with van der Waals surface area (Å²) in [7, 11) is 6.36. The number of carbonyl (C=O) groups is 3. The zero-order valence-corrected chi connectivity index (χ0v) is 24.9. The van der Waals surface area contributed by atoms with E-state index >= 15 is 0 Å². The van der Waals surface area contributed by atoms with Gasteiger partial charge in [0.1, 0.15) is 5.75 Å². The van der Waals surface area contributed by atoms with Gasteiger partial charge in [-0.15, -0.1) is 10.2 Å². The average Bonchev–Trinajstić information content (AvgIpc) is 3.89. The maximum atomic E-state index is 13.1. The lowest BCUT2D eigenvalue weighted by atomic mass is 10.0. The van der Waals surface area contributed by atoms with Crippen molar-refractivity contribution < 1.29 is 19.1 Å². The van der Waals surface area contributed by atoms with Crippen LogP contribution in [-0.2, 0) is 18.4 Å². The lowest BCUT2D eigenvalue weighted by Crippen LogP contribution is -2.30. The smallest absolute Gasteiger partial charge is 0.273 e. The highest BCUT2D eigenvalue weighted by Crippen LogP contribution is 2.38. The fourth-order valence-corrected chi connectivity index (χ4v) is 4.75. The van der Waals surface area contributed by atoms with Gasteiger partial charge in [-0.1, -0.05) is 30.3 Å². The Morgan fingerprint density at radius 2 is 1.77 bits per heavy atom. The zero-order valence-electron chi connectivity index (χ0n) is 24.9. The van der Waals surface area contributed by atoms with Crippen LogP contribution < -0.4 is 26.2 Å². The van der Waals surface area contributed by atoms with E-state index in [0.29, 0.717) is 28.3 Å². The first-order valence-corrected chi connectivity index (χ1v) is 14.0. The second-order valence-electron chi connectivity index (χ2n) is 10.5. The van der Waals surface area contributed by atoms with Crippen LogP contribution in [0.4, 0.5) is 17.2 Å². The normalized spacial score (nSPS) is 12.3. The van der Waals surface area contributed by atoms with Crippen LogP contribution in [0.1, 0.15) is 39.3 Å². The van der Waals surface area contributed by atoms with Crippen molar-refractivity contribution in [2.24, 2.45) is 13.0 Å². The second kappa shape index (κ2) is 12.8. The number of benzene rings is 2. The molecular formula is C32H33N7O5. The molecule has 2 aromatic heterocycles. The van der Waals surface area contributed by atoms with E-state index in [1.807, 2.05) is 24.3 Å². The van der Waals surface area contributed by atoms with Gasteiger partial charge in [-0.25, -0.2) is 0 Å². The number of hydrogen-bond donors (Lipinski definition) is 3. The van der Waals surface area contributed by atoms with E-state index in [1.54, 1.807) is 56.7 Å². The van der Waals surface area contributed by atoms with Gasteiger partial charge < -0.3 is 30.2 Å². The highest BCUT2D eigenvalue weighted by Gasteiger charge is 2.30. The van der Waals surface area contributed by atoms with E-state index < -0.39 is 5.91 Å². The molecule has 12 heteroatoms. The van der Waals surface area contributed by atoms with Crippen LogP contribution in [0.15, 0.2) is 71.7 Å². The molecule has 1 aliphatic carbocycles. The molecule has 0 aliphatic heterocycles. The molecule has 0 saturated heterocycles. The Balaban J connectivity index is 1.39. The van der Waals surface area contributed by atoms with Crippen LogP contribution in [-0.4, -0.2) is 58.6 Å². The Kier molecular flexibility index (Phi) is 8.70. The maximum Gasteiger partial charge on any atom is 0.273 e.